The van der Waals surface area contributed by atoms with E-state index in [9.17, 15) is 13.6 Å². The van der Waals surface area contributed by atoms with Gasteiger partial charge in [0.2, 0.25) is 5.91 Å². The summed E-state index contributed by atoms with van der Waals surface area (Å²) in [6, 6.07) is 9.59. The molecule has 2 aromatic heterocycles. The van der Waals surface area contributed by atoms with Crippen LogP contribution in [0.1, 0.15) is 66.0 Å². The van der Waals surface area contributed by atoms with Gasteiger partial charge in [0.05, 0.1) is 26.9 Å². The number of anilines is 1. The van der Waals surface area contributed by atoms with Crippen molar-refractivity contribution >= 4 is 22.6 Å². The first-order valence-corrected chi connectivity index (χ1v) is 13.4. The molecule has 0 bridgehead atoms. The maximum Gasteiger partial charge on any atom is 0.228 e. The molecule has 3 aliphatic rings. The Morgan fingerprint density at radius 2 is 1.92 bits per heavy atom. The molecule has 7 nitrogen and oxygen atoms in total. The van der Waals surface area contributed by atoms with E-state index in [1.807, 2.05) is 32.0 Å². The van der Waals surface area contributed by atoms with Crippen molar-refractivity contribution < 1.29 is 26.9 Å². The average molecular weight is 536 g/mol. The van der Waals surface area contributed by atoms with Gasteiger partial charge in [-0.3, -0.25) is 9.69 Å². The van der Waals surface area contributed by atoms with Crippen LogP contribution in [-0.2, 0) is 15.1 Å². The topological polar surface area (TPSA) is 73.4 Å². The minimum atomic E-state index is -2.45. The SMILES string of the molecule is [2H]C([2H])([2H])O[C@H]1CC[C@H](n2c([C@]34C[C@H]3CC(=O)N4c3ccc(F)c(F)c3)nc3cc(-c4c(C)noc4C)ccc32)CC1. The Hall–Kier alpha value is -3.59. The summed E-state index contributed by atoms with van der Waals surface area (Å²) in [5.74, 6) is -0.723. The number of ether oxygens (including phenoxy) is 1. The summed E-state index contributed by atoms with van der Waals surface area (Å²) in [5, 5.41) is 4.09. The number of imidazole rings is 1. The molecule has 4 aromatic rings. The lowest BCUT2D eigenvalue weighted by Gasteiger charge is -2.34. The molecule has 3 heterocycles. The maximum absolute atomic E-state index is 14.4. The van der Waals surface area contributed by atoms with Crippen LogP contribution in [0.4, 0.5) is 14.5 Å². The number of amides is 1. The van der Waals surface area contributed by atoms with Crippen LogP contribution in [0.2, 0.25) is 0 Å². The van der Waals surface area contributed by atoms with E-state index in [1.54, 1.807) is 4.90 Å². The van der Waals surface area contributed by atoms with Crippen LogP contribution in [0.15, 0.2) is 40.9 Å². The fraction of sp³-hybridized carbons (Fsp3) is 0.433. The third-order valence-corrected chi connectivity index (χ3v) is 8.88. The van der Waals surface area contributed by atoms with Gasteiger partial charge in [0.25, 0.3) is 0 Å². The molecule has 39 heavy (non-hydrogen) atoms. The summed E-state index contributed by atoms with van der Waals surface area (Å²) in [7, 11) is -2.45. The van der Waals surface area contributed by atoms with Gasteiger partial charge < -0.3 is 13.8 Å². The Morgan fingerprint density at radius 1 is 1.10 bits per heavy atom. The van der Waals surface area contributed by atoms with E-state index < -0.39 is 24.2 Å². The number of hydrogen-bond acceptors (Lipinski definition) is 5. The van der Waals surface area contributed by atoms with Gasteiger partial charge in [-0.2, -0.15) is 0 Å². The highest BCUT2D eigenvalue weighted by molar-refractivity contribution is 6.00. The molecule has 0 N–H and O–H groups in total. The molecule has 9 heteroatoms. The molecular formula is C30H30F2N4O3. The van der Waals surface area contributed by atoms with E-state index in [-0.39, 0.29) is 24.0 Å². The molecule has 202 valence electrons. The van der Waals surface area contributed by atoms with E-state index in [2.05, 4.69) is 9.72 Å². The number of carbonyl (C=O) groups excluding carboxylic acids is 1. The van der Waals surface area contributed by atoms with Crippen molar-refractivity contribution in [3.63, 3.8) is 0 Å². The Balaban J connectivity index is 1.35. The summed E-state index contributed by atoms with van der Waals surface area (Å²) in [6.45, 7) is 3.75. The largest absolute Gasteiger partial charge is 0.381 e. The molecule has 1 saturated heterocycles. The van der Waals surface area contributed by atoms with Crippen LogP contribution < -0.4 is 4.90 Å². The van der Waals surface area contributed by atoms with E-state index in [0.29, 0.717) is 55.8 Å². The number of aryl methyl sites for hydroxylation is 2. The smallest absolute Gasteiger partial charge is 0.228 e. The first kappa shape index (κ1) is 21.3. The zero-order valence-corrected chi connectivity index (χ0v) is 21.7. The quantitative estimate of drug-likeness (QED) is 0.297. The molecule has 7 rings (SSSR count). The van der Waals surface area contributed by atoms with E-state index in [0.717, 1.165) is 40.0 Å². The fourth-order valence-corrected chi connectivity index (χ4v) is 6.97. The van der Waals surface area contributed by atoms with E-state index in [4.69, 9.17) is 18.4 Å². The minimum absolute atomic E-state index is 0.00839. The van der Waals surface area contributed by atoms with Crippen molar-refractivity contribution in [2.45, 2.75) is 70.1 Å². The van der Waals surface area contributed by atoms with Gasteiger partial charge in [-0.15, -0.1) is 0 Å². The van der Waals surface area contributed by atoms with Gasteiger partial charge in [0, 0.05) is 42.7 Å². The summed E-state index contributed by atoms with van der Waals surface area (Å²) in [6.07, 6.45) is 3.08. The van der Waals surface area contributed by atoms with E-state index >= 15 is 0 Å². The number of piperidine rings is 1. The number of aromatic nitrogens is 3. The van der Waals surface area contributed by atoms with Crippen molar-refractivity contribution in [3.05, 3.63) is 65.3 Å². The van der Waals surface area contributed by atoms with Crippen LogP contribution in [0, 0.1) is 31.4 Å². The normalized spacial score (nSPS) is 27.9. The van der Waals surface area contributed by atoms with Crippen LogP contribution in [-0.4, -0.2) is 33.8 Å². The summed E-state index contributed by atoms with van der Waals surface area (Å²) in [5.41, 5.74) is 3.75. The number of hydrogen-bond donors (Lipinski definition) is 0. The van der Waals surface area contributed by atoms with Crippen molar-refractivity contribution in [1.29, 1.82) is 0 Å². The standard InChI is InChI=1S/C30H30F2N4O3/c1-16-28(17(2)39-34-16)18-4-11-26-25(12-18)33-29(35(26)20-5-8-22(38-3)9-6-20)30-15-19(30)13-27(37)36(30)21-7-10-23(31)24(32)14-21/h4,7,10-12,14,19-20,22H,5-6,8-9,13,15H2,1-3H3/t19-,20-,22-,30+/m1/s1/i3D3. The molecule has 2 aromatic carbocycles. The second-order valence-electron chi connectivity index (χ2n) is 11.1. The van der Waals surface area contributed by atoms with Gasteiger partial charge in [-0.05, 0) is 75.8 Å². The van der Waals surface area contributed by atoms with Crippen molar-refractivity contribution in [2.24, 2.45) is 5.92 Å². The highest BCUT2D eigenvalue weighted by Gasteiger charge is 2.69. The molecule has 0 spiro atoms. The number of rotatable bonds is 5. The monoisotopic (exact) mass is 535 g/mol. The second kappa shape index (κ2) is 8.71. The number of nitrogens with zero attached hydrogens (tertiary/aromatic N) is 4. The zero-order chi connectivity index (χ0) is 29.6. The second-order valence-corrected chi connectivity index (χ2v) is 11.1. The molecule has 1 aliphatic heterocycles. The Labute approximate surface area is 229 Å². The van der Waals surface area contributed by atoms with Crippen LogP contribution in [0.5, 0.6) is 0 Å². The third-order valence-electron chi connectivity index (χ3n) is 8.88. The van der Waals surface area contributed by atoms with Gasteiger partial charge >= 0.3 is 0 Å². The van der Waals surface area contributed by atoms with Gasteiger partial charge in [-0.25, -0.2) is 13.8 Å². The molecule has 2 aliphatic carbocycles. The number of fused-ring (bicyclic) bond motifs is 2. The minimum Gasteiger partial charge on any atom is -0.381 e. The molecule has 0 radical (unpaired) electrons. The summed E-state index contributed by atoms with van der Waals surface area (Å²) in [4.78, 5) is 20.1. The summed E-state index contributed by atoms with van der Waals surface area (Å²) < 4.78 is 63.6. The lowest BCUT2D eigenvalue weighted by Crippen LogP contribution is -2.39. The average Bonchev–Trinajstić information content (AvgIpc) is 3.18. The van der Waals surface area contributed by atoms with Crippen LogP contribution in [0.25, 0.3) is 22.2 Å². The first-order chi connectivity index (χ1) is 20.0. The number of benzene rings is 2. The van der Waals surface area contributed by atoms with Crippen molar-refractivity contribution in [2.75, 3.05) is 11.9 Å². The zero-order valence-electron chi connectivity index (χ0n) is 24.7. The van der Waals surface area contributed by atoms with Gasteiger partial charge in [-0.1, -0.05) is 11.2 Å². The molecule has 2 saturated carbocycles. The molecule has 0 unspecified atom stereocenters. The highest BCUT2D eigenvalue weighted by atomic mass is 19.2. The number of methoxy groups -OCH3 is 1. The molecule has 2 atom stereocenters. The molecular weight excluding hydrogens is 502 g/mol. The summed E-state index contributed by atoms with van der Waals surface area (Å²) >= 11 is 0. The van der Waals surface area contributed by atoms with Gasteiger partial charge in [0.15, 0.2) is 11.6 Å². The maximum atomic E-state index is 14.4. The Bertz CT molecular complexity index is 1710. The number of halogens is 2. The third kappa shape index (κ3) is 3.58. The molecule has 3 fully saturated rings. The van der Waals surface area contributed by atoms with Crippen molar-refractivity contribution in [1.82, 2.24) is 14.7 Å². The van der Waals surface area contributed by atoms with Crippen LogP contribution >= 0.6 is 0 Å². The lowest BCUT2D eigenvalue weighted by atomic mass is 9.92. The Kier molecular flexibility index (Phi) is 4.75. The fourth-order valence-electron chi connectivity index (χ4n) is 6.97. The van der Waals surface area contributed by atoms with E-state index in [1.165, 1.54) is 6.07 Å². The molecule has 1 amide bonds. The highest BCUT2D eigenvalue weighted by Crippen LogP contribution is 2.64. The Morgan fingerprint density at radius 3 is 2.64 bits per heavy atom. The van der Waals surface area contributed by atoms with Crippen LogP contribution in [0.3, 0.4) is 0 Å². The first-order valence-electron chi connectivity index (χ1n) is 14.9. The lowest BCUT2D eigenvalue weighted by molar-refractivity contribution is -0.118. The predicted molar refractivity (Wildman–Crippen MR) is 141 cm³/mol. The van der Waals surface area contributed by atoms with Crippen molar-refractivity contribution in [3.8, 4) is 11.1 Å². The predicted octanol–water partition coefficient (Wildman–Crippen LogP) is 6.37. The van der Waals surface area contributed by atoms with Gasteiger partial charge in [0.1, 0.15) is 17.1 Å². The number of carbonyl (C=O) groups is 1.